The molecule has 0 aliphatic carbocycles. The molecule has 2 atom stereocenters. The van der Waals surface area contributed by atoms with Crippen LogP contribution in [0.4, 0.5) is 44.3 Å². The first-order valence-electron chi connectivity index (χ1n) is 9.10. The maximum atomic E-state index is 13.2. The highest BCUT2D eigenvalue weighted by atomic mass is 127. The predicted octanol–water partition coefficient (Wildman–Crippen LogP) is 7.43. The van der Waals surface area contributed by atoms with Crippen LogP contribution in [0.3, 0.4) is 0 Å². The molecule has 2 unspecified atom stereocenters. The largest absolute Gasteiger partial charge is 0.439 e. The number of rotatable bonds is 3. The number of amides is 1. The number of halogens is 10. The number of hydrogen-bond donors (Lipinski definition) is 0. The number of ether oxygens (including phenoxy) is 1. The van der Waals surface area contributed by atoms with Gasteiger partial charge in [-0.15, -0.1) is 0 Å². The summed E-state index contributed by atoms with van der Waals surface area (Å²) in [5, 5.41) is 0. The van der Waals surface area contributed by atoms with Gasteiger partial charge in [-0.25, -0.2) is 4.79 Å². The van der Waals surface area contributed by atoms with Gasteiger partial charge in [-0.1, -0.05) is 0 Å². The second-order valence-electron chi connectivity index (χ2n) is 7.32. The van der Waals surface area contributed by atoms with E-state index in [0.29, 0.717) is 15.7 Å². The SMILES string of the molecule is CC1C(c2cc(C(F)(F)F)cc(C(F)(F)F)c2)OC(=O)N1Cc1cc(C(F)(F)F)ccc1I. The van der Waals surface area contributed by atoms with Crippen molar-refractivity contribution in [3.63, 3.8) is 0 Å². The number of hydrogen-bond acceptors (Lipinski definition) is 2. The Morgan fingerprint density at radius 1 is 0.848 bits per heavy atom. The summed E-state index contributed by atoms with van der Waals surface area (Å²) in [4.78, 5) is 13.3. The summed E-state index contributed by atoms with van der Waals surface area (Å²) in [5.41, 5.74) is -4.54. The fourth-order valence-corrected chi connectivity index (χ4v) is 3.86. The molecule has 1 amide bonds. The van der Waals surface area contributed by atoms with E-state index in [9.17, 15) is 44.3 Å². The summed E-state index contributed by atoms with van der Waals surface area (Å²) in [7, 11) is 0. The lowest BCUT2D eigenvalue weighted by atomic mass is 9.97. The van der Waals surface area contributed by atoms with Gasteiger partial charge in [0, 0.05) is 3.57 Å². The van der Waals surface area contributed by atoms with Gasteiger partial charge in [-0.2, -0.15) is 39.5 Å². The van der Waals surface area contributed by atoms with Crippen molar-refractivity contribution >= 4 is 28.7 Å². The molecule has 0 saturated carbocycles. The van der Waals surface area contributed by atoms with Crippen LogP contribution >= 0.6 is 22.6 Å². The molecule has 0 aromatic heterocycles. The molecule has 0 N–H and O–H groups in total. The van der Waals surface area contributed by atoms with E-state index in [1.54, 1.807) is 22.6 Å². The van der Waals surface area contributed by atoms with Gasteiger partial charge in [0.2, 0.25) is 0 Å². The Hall–Kier alpha value is -2.19. The molecule has 1 aliphatic rings. The summed E-state index contributed by atoms with van der Waals surface area (Å²) < 4.78 is 123. The van der Waals surface area contributed by atoms with Crippen LogP contribution in [0.5, 0.6) is 0 Å². The molecular weight excluding hydrogens is 584 g/mol. The molecule has 1 aliphatic heterocycles. The summed E-state index contributed by atoms with van der Waals surface area (Å²) in [6, 6.07) is 2.66. The first-order valence-corrected chi connectivity index (χ1v) is 10.2. The van der Waals surface area contributed by atoms with Gasteiger partial charge in [0.25, 0.3) is 0 Å². The van der Waals surface area contributed by atoms with Gasteiger partial charge in [0.05, 0.1) is 29.3 Å². The highest BCUT2D eigenvalue weighted by Gasteiger charge is 2.43. The topological polar surface area (TPSA) is 29.5 Å². The average molecular weight is 597 g/mol. The first kappa shape index (κ1) is 25.4. The molecule has 3 rings (SSSR count). The molecule has 13 heteroatoms. The Bertz CT molecular complexity index is 1030. The van der Waals surface area contributed by atoms with E-state index in [0.717, 1.165) is 17.0 Å². The Kier molecular flexibility index (Phi) is 6.59. The summed E-state index contributed by atoms with van der Waals surface area (Å²) in [6.07, 6.45) is -17.4. The van der Waals surface area contributed by atoms with E-state index in [-0.39, 0.29) is 18.2 Å². The number of cyclic esters (lactones) is 1. The number of carbonyl (C=O) groups excluding carboxylic acids is 1. The minimum Gasteiger partial charge on any atom is -0.439 e. The van der Waals surface area contributed by atoms with Crippen molar-refractivity contribution < 1.29 is 49.0 Å². The monoisotopic (exact) mass is 597 g/mol. The van der Waals surface area contributed by atoms with Crippen molar-refractivity contribution in [3.05, 3.63) is 67.8 Å². The van der Waals surface area contributed by atoms with E-state index in [2.05, 4.69) is 0 Å². The van der Waals surface area contributed by atoms with Gasteiger partial charge >= 0.3 is 24.6 Å². The highest BCUT2D eigenvalue weighted by molar-refractivity contribution is 14.1. The maximum Gasteiger partial charge on any atom is 0.416 e. The van der Waals surface area contributed by atoms with E-state index in [1.807, 2.05) is 0 Å². The Labute approximate surface area is 194 Å². The molecule has 0 radical (unpaired) electrons. The summed E-state index contributed by atoms with van der Waals surface area (Å²) >= 11 is 1.75. The lowest BCUT2D eigenvalue weighted by molar-refractivity contribution is -0.143. The number of benzene rings is 2. The Morgan fingerprint density at radius 2 is 1.36 bits per heavy atom. The van der Waals surface area contributed by atoms with Gasteiger partial charge < -0.3 is 4.74 Å². The van der Waals surface area contributed by atoms with Crippen molar-refractivity contribution in [2.24, 2.45) is 0 Å². The van der Waals surface area contributed by atoms with Crippen LogP contribution in [0, 0.1) is 3.57 Å². The second-order valence-corrected chi connectivity index (χ2v) is 8.48. The fraction of sp³-hybridized carbons (Fsp3) is 0.350. The zero-order valence-electron chi connectivity index (χ0n) is 16.4. The molecule has 2 aromatic carbocycles. The van der Waals surface area contributed by atoms with Crippen molar-refractivity contribution in [3.8, 4) is 0 Å². The Morgan fingerprint density at radius 3 is 1.85 bits per heavy atom. The number of nitrogens with zero attached hydrogens (tertiary/aromatic N) is 1. The van der Waals surface area contributed by atoms with E-state index in [4.69, 9.17) is 4.74 Å². The van der Waals surface area contributed by atoms with Crippen LogP contribution in [0.25, 0.3) is 0 Å². The predicted molar refractivity (Wildman–Crippen MR) is 105 cm³/mol. The number of alkyl halides is 9. The number of carbonyl (C=O) groups is 1. The summed E-state index contributed by atoms with van der Waals surface area (Å²) in [6.45, 7) is 0.938. The van der Waals surface area contributed by atoms with Crippen LogP contribution in [0.1, 0.15) is 40.8 Å². The smallest absolute Gasteiger partial charge is 0.416 e. The molecule has 3 nitrogen and oxygen atoms in total. The third-order valence-corrected chi connectivity index (χ3v) is 6.10. The highest BCUT2D eigenvalue weighted by Crippen LogP contribution is 2.41. The lowest BCUT2D eigenvalue weighted by Gasteiger charge is -2.23. The molecule has 0 spiro atoms. The van der Waals surface area contributed by atoms with Crippen LogP contribution < -0.4 is 0 Å². The van der Waals surface area contributed by atoms with Gasteiger partial charge in [0.1, 0.15) is 6.10 Å². The molecule has 0 bridgehead atoms. The summed E-state index contributed by atoms with van der Waals surface area (Å²) in [5.74, 6) is 0. The van der Waals surface area contributed by atoms with Crippen molar-refractivity contribution in [2.45, 2.75) is 44.1 Å². The van der Waals surface area contributed by atoms with E-state index >= 15 is 0 Å². The molecule has 1 saturated heterocycles. The maximum absolute atomic E-state index is 13.2. The van der Waals surface area contributed by atoms with Crippen LogP contribution in [0.2, 0.25) is 0 Å². The molecule has 1 fully saturated rings. The fourth-order valence-electron chi connectivity index (χ4n) is 3.36. The third kappa shape index (κ3) is 5.49. The van der Waals surface area contributed by atoms with Crippen LogP contribution in [-0.4, -0.2) is 17.0 Å². The molecule has 1 heterocycles. The van der Waals surface area contributed by atoms with Gasteiger partial charge in [-0.05, 0) is 77.0 Å². The minimum atomic E-state index is -5.09. The second kappa shape index (κ2) is 8.55. The normalized spacial score (nSPS) is 19.7. The lowest BCUT2D eigenvalue weighted by Crippen LogP contribution is -2.32. The zero-order valence-corrected chi connectivity index (χ0v) is 18.5. The minimum absolute atomic E-state index is 0.0479. The van der Waals surface area contributed by atoms with Crippen LogP contribution in [-0.2, 0) is 29.8 Å². The van der Waals surface area contributed by atoms with Crippen molar-refractivity contribution in [1.29, 1.82) is 0 Å². The van der Waals surface area contributed by atoms with Crippen LogP contribution in [0.15, 0.2) is 36.4 Å². The molecule has 33 heavy (non-hydrogen) atoms. The quantitative estimate of drug-likeness (QED) is 0.272. The average Bonchev–Trinajstić information content (AvgIpc) is 2.95. The Balaban J connectivity index is 1.96. The standard InChI is InChI=1S/C20H13F9INO2/c1-9-16(10-4-13(19(24,25)26)7-14(5-10)20(27,28)29)33-17(32)31(9)8-11-6-12(18(21,22)23)2-3-15(11)30/h2-7,9,16H,8H2,1H3. The van der Waals surface area contributed by atoms with E-state index < -0.39 is 59.0 Å². The first-order chi connectivity index (χ1) is 15.0. The third-order valence-electron chi connectivity index (χ3n) is 5.04. The van der Waals surface area contributed by atoms with Crippen molar-refractivity contribution in [2.75, 3.05) is 0 Å². The molecule has 180 valence electrons. The van der Waals surface area contributed by atoms with Gasteiger partial charge in [0.15, 0.2) is 0 Å². The zero-order chi connectivity index (χ0) is 24.9. The molecular formula is C20H13F9INO2. The molecule has 2 aromatic rings. The van der Waals surface area contributed by atoms with Gasteiger partial charge in [-0.3, -0.25) is 4.90 Å². The van der Waals surface area contributed by atoms with Crippen molar-refractivity contribution in [1.82, 2.24) is 4.90 Å². The van der Waals surface area contributed by atoms with E-state index in [1.165, 1.54) is 13.0 Å².